The van der Waals surface area contributed by atoms with Gasteiger partial charge in [-0.1, -0.05) is 11.6 Å². The number of nitrogens with one attached hydrogen (secondary N) is 1. The average Bonchev–Trinajstić information content (AvgIpc) is 2.32. The number of carbonyl (C=O) groups excluding carboxylic acids is 1. The first kappa shape index (κ1) is 11.5. The second-order valence-corrected chi connectivity index (χ2v) is 3.79. The molecule has 4 nitrogen and oxygen atoms in total. The van der Waals surface area contributed by atoms with Gasteiger partial charge in [-0.15, -0.1) is 0 Å². The zero-order chi connectivity index (χ0) is 12.3. The lowest BCUT2D eigenvalue weighted by molar-refractivity contribution is 0.102. The first-order valence-electron chi connectivity index (χ1n) is 5.02. The molecule has 0 spiro atoms. The molecule has 0 aliphatic heterocycles. The van der Waals surface area contributed by atoms with Crippen molar-refractivity contribution in [3.63, 3.8) is 0 Å². The van der Waals surface area contributed by atoms with Crippen molar-refractivity contribution in [3.05, 3.63) is 53.1 Å². The van der Waals surface area contributed by atoms with E-state index in [4.69, 9.17) is 11.6 Å². The van der Waals surface area contributed by atoms with Crippen LogP contribution in [0.1, 0.15) is 16.1 Å². The minimum Gasteiger partial charge on any atom is -0.320 e. The normalized spacial score (nSPS) is 10.0. The van der Waals surface area contributed by atoms with Crippen LogP contribution in [0.2, 0.25) is 5.15 Å². The van der Waals surface area contributed by atoms with E-state index in [9.17, 15) is 4.79 Å². The predicted molar refractivity (Wildman–Crippen MR) is 66.2 cm³/mol. The number of aryl methyl sites for hydroxylation is 1. The lowest BCUT2D eigenvalue weighted by Gasteiger charge is -2.07. The second-order valence-electron chi connectivity index (χ2n) is 3.43. The second kappa shape index (κ2) is 4.93. The molecule has 2 rings (SSSR count). The van der Waals surface area contributed by atoms with Gasteiger partial charge in [-0.25, -0.2) is 4.98 Å². The van der Waals surface area contributed by atoms with E-state index in [1.54, 1.807) is 30.5 Å². The highest BCUT2D eigenvalue weighted by atomic mass is 35.5. The van der Waals surface area contributed by atoms with Gasteiger partial charge < -0.3 is 5.32 Å². The van der Waals surface area contributed by atoms with Gasteiger partial charge in [0.2, 0.25) is 0 Å². The lowest BCUT2D eigenvalue weighted by Crippen LogP contribution is -2.14. The number of amides is 1. The fourth-order valence-electron chi connectivity index (χ4n) is 1.36. The molecule has 0 aliphatic rings. The Balaban J connectivity index is 2.24. The Hall–Kier alpha value is -1.94. The smallest absolute Gasteiger partial charge is 0.258 e. The van der Waals surface area contributed by atoms with Crippen molar-refractivity contribution in [1.82, 2.24) is 9.97 Å². The summed E-state index contributed by atoms with van der Waals surface area (Å²) in [5, 5.41) is 2.93. The predicted octanol–water partition coefficient (Wildman–Crippen LogP) is 2.69. The van der Waals surface area contributed by atoms with E-state index in [1.165, 1.54) is 6.20 Å². The zero-order valence-corrected chi connectivity index (χ0v) is 9.90. The molecule has 1 amide bonds. The highest BCUT2D eigenvalue weighted by Crippen LogP contribution is 2.16. The standard InChI is InChI=1S/C12H10ClN3O/c1-8-10(5-3-6-14-8)16-12(17)9-4-2-7-15-11(9)13/h2-7H,1H3,(H,16,17). The van der Waals surface area contributed by atoms with Crippen LogP contribution in [0, 0.1) is 6.92 Å². The Morgan fingerprint density at radius 3 is 2.65 bits per heavy atom. The molecule has 86 valence electrons. The van der Waals surface area contributed by atoms with Crippen LogP contribution in [0.5, 0.6) is 0 Å². The molecule has 2 aromatic rings. The fourth-order valence-corrected chi connectivity index (χ4v) is 1.57. The molecule has 0 saturated carbocycles. The quantitative estimate of drug-likeness (QED) is 0.830. The van der Waals surface area contributed by atoms with Crippen LogP contribution in [-0.2, 0) is 0 Å². The average molecular weight is 248 g/mol. The van der Waals surface area contributed by atoms with Gasteiger partial charge in [0.05, 0.1) is 16.9 Å². The molecule has 1 N–H and O–H groups in total. The minimum absolute atomic E-state index is 0.187. The van der Waals surface area contributed by atoms with E-state index in [0.717, 1.165) is 5.69 Å². The van der Waals surface area contributed by atoms with E-state index < -0.39 is 0 Å². The van der Waals surface area contributed by atoms with E-state index in [1.807, 2.05) is 6.92 Å². The topological polar surface area (TPSA) is 54.9 Å². The third kappa shape index (κ3) is 2.60. The maximum absolute atomic E-state index is 11.9. The van der Waals surface area contributed by atoms with Crippen LogP contribution >= 0.6 is 11.6 Å². The summed E-state index contributed by atoms with van der Waals surface area (Å²) in [7, 11) is 0. The molecule has 5 heteroatoms. The SMILES string of the molecule is Cc1ncccc1NC(=O)c1cccnc1Cl. The molecule has 0 bridgehead atoms. The Morgan fingerprint density at radius 1 is 1.24 bits per heavy atom. The van der Waals surface area contributed by atoms with Crippen LogP contribution < -0.4 is 5.32 Å². The molecule has 0 saturated heterocycles. The van der Waals surface area contributed by atoms with Crippen molar-refractivity contribution in [1.29, 1.82) is 0 Å². The summed E-state index contributed by atoms with van der Waals surface area (Å²) >= 11 is 5.84. The van der Waals surface area contributed by atoms with Gasteiger partial charge in [-0.2, -0.15) is 0 Å². The van der Waals surface area contributed by atoms with Crippen molar-refractivity contribution in [2.24, 2.45) is 0 Å². The molecule has 0 fully saturated rings. The molecule has 0 aliphatic carbocycles. The van der Waals surface area contributed by atoms with Crippen LogP contribution in [0.4, 0.5) is 5.69 Å². The summed E-state index contributed by atoms with van der Waals surface area (Å²) in [6.07, 6.45) is 3.20. The number of anilines is 1. The molecular formula is C12H10ClN3O. The van der Waals surface area contributed by atoms with Crippen molar-refractivity contribution in [3.8, 4) is 0 Å². The number of carbonyl (C=O) groups is 1. The Morgan fingerprint density at radius 2 is 1.94 bits per heavy atom. The zero-order valence-electron chi connectivity index (χ0n) is 9.14. The largest absolute Gasteiger partial charge is 0.320 e. The number of nitrogens with zero attached hydrogens (tertiary/aromatic N) is 2. The number of halogens is 1. The van der Waals surface area contributed by atoms with Crippen LogP contribution in [0.3, 0.4) is 0 Å². The van der Waals surface area contributed by atoms with E-state index in [0.29, 0.717) is 11.3 Å². The molecule has 0 atom stereocenters. The summed E-state index contributed by atoms with van der Waals surface area (Å²) in [5.41, 5.74) is 1.76. The van der Waals surface area contributed by atoms with Crippen LogP contribution in [0.15, 0.2) is 36.7 Å². The molecule has 0 radical (unpaired) electrons. The summed E-state index contributed by atoms with van der Waals surface area (Å²) in [6, 6.07) is 6.82. The number of rotatable bonds is 2. The first-order chi connectivity index (χ1) is 8.18. The Bertz CT molecular complexity index is 557. The van der Waals surface area contributed by atoms with Gasteiger partial charge in [0, 0.05) is 12.4 Å². The van der Waals surface area contributed by atoms with Gasteiger partial charge >= 0.3 is 0 Å². The summed E-state index contributed by atoms with van der Waals surface area (Å²) < 4.78 is 0. The number of hydrogen-bond acceptors (Lipinski definition) is 3. The van der Waals surface area contributed by atoms with Crippen molar-refractivity contribution in [2.45, 2.75) is 6.92 Å². The van der Waals surface area contributed by atoms with Gasteiger partial charge in [0.25, 0.3) is 5.91 Å². The Kier molecular flexibility index (Phi) is 3.35. The third-order valence-corrected chi connectivity index (χ3v) is 2.56. The molecule has 0 unspecified atom stereocenters. The maximum atomic E-state index is 11.9. The van der Waals surface area contributed by atoms with Gasteiger partial charge in [0.15, 0.2) is 0 Å². The molecule has 2 heterocycles. The van der Waals surface area contributed by atoms with Gasteiger partial charge in [-0.3, -0.25) is 9.78 Å². The van der Waals surface area contributed by atoms with Crippen LogP contribution in [0.25, 0.3) is 0 Å². The van der Waals surface area contributed by atoms with Gasteiger partial charge in [-0.05, 0) is 31.2 Å². The molecule has 17 heavy (non-hydrogen) atoms. The lowest BCUT2D eigenvalue weighted by atomic mass is 10.2. The summed E-state index contributed by atoms with van der Waals surface area (Å²) in [5.74, 6) is -0.292. The summed E-state index contributed by atoms with van der Waals surface area (Å²) in [6.45, 7) is 1.82. The number of aromatic nitrogens is 2. The fraction of sp³-hybridized carbons (Fsp3) is 0.0833. The molecular weight excluding hydrogens is 238 g/mol. The van der Waals surface area contributed by atoms with Crippen molar-refractivity contribution < 1.29 is 4.79 Å². The number of hydrogen-bond donors (Lipinski definition) is 1. The molecule has 2 aromatic heterocycles. The van der Waals surface area contributed by atoms with E-state index in [2.05, 4.69) is 15.3 Å². The first-order valence-corrected chi connectivity index (χ1v) is 5.40. The van der Waals surface area contributed by atoms with Crippen molar-refractivity contribution >= 4 is 23.2 Å². The van der Waals surface area contributed by atoms with Crippen molar-refractivity contribution in [2.75, 3.05) is 5.32 Å². The molecule has 0 aromatic carbocycles. The minimum atomic E-state index is -0.292. The van der Waals surface area contributed by atoms with Gasteiger partial charge in [0.1, 0.15) is 5.15 Å². The summed E-state index contributed by atoms with van der Waals surface area (Å²) in [4.78, 5) is 19.9. The Labute approximate surface area is 104 Å². The van der Waals surface area contributed by atoms with E-state index in [-0.39, 0.29) is 11.1 Å². The van der Waals surface area contributed by atoms with Crippen LogP contribution in [-0.4, -0.2) is 15.9 Å². The number of pyridine rings is 2. The maximum Gasteiger partial charge on any atom is 0.258 e. The highest BCUT2D eigenvalue weighted by Gasteiger charge is 2.11. The highest BCUT2D eigenvalue weighted by molar-refractivity contribution is 6.33. The monoisotopic (exact) mass is 247 g/mol. The van der Waals surface area contributed by atoms with E-state index >= 15 is 0 Å². The third-order valence-electron chi connectivity index (χ3n) is 2.26.